The lowest BCUT2D eigenvalue weighted by molar-refractivity contribution is 0.574. The largest absolute Gasteiger partial charge is 0.461 e. The molecule has 0 unspecified atom stereocenters. The summed E-state index contributed by atoms with van der Waals surface area (Å²) in [5, 5.41) is 3.31. The summed E-state index contributed by atoms with van der Waals surface area (Å²) in [6.45, 7) is 5.01. The first-order valence-corrected chi connectivity index (χ1v) is 5.34. The van der Waals surface area contributed by atoms with Gasteiger partial charge >= 0.3 is 0 Å². The predicted octanol–water partition coefficient (Wildman–Crippen LogP) is 2.23. The number of aromatic nitrogens is 2. The van der Waals surface area contributed by atoms with Gasteiger partial charge in [-0.1, -0.05) is 13.8 Å². The van der Waals surface area contributed by atoms with Crippen molar-refractivity contribution in [3.05, 3.63) is 36.4 Å². The van der Waals surface area contributed by atoms with Crippen LogP contribution in [-0.4, -0.2) is 16.0 Å². The molecule has 2 rings (SSSR count). The van der Waals surface area contributed by atoms with Crippen LogP contribution < -0.4 is 5.32 Å². The highest BCUT2D eigenvalue weighted by molar-refractivity contribution is 5.45. The maximum absolute atomic E-state index is 5.22. The second-order valence-electron chi connectivity index (χ2n) is 3.93. The highest BCUT2D eigenvalue weighted by Gasteiger charge is 2.03. The van der Waals surface area contributed by atoms with E-state index in [-0.39, 0.29) is 0 Å². The van der Waals surface area contributed by atoms with Crippen LogP contribution in [-0.2, 0) is 6.54 Å². The van der Waals surface area contributed by atoms with Crippen LogP contribution in [0.1, 0.15) is 19.4 Å². The molecular weight excluding hydrogens is 202 g/mol. The molecule has 0 amide bonds. The van der Waals surface area contributed by atoms with E-state index in [1.807, 2.05) is 24.5 Å². The number of hydrogen-bond acceptors (Lipinski definition) is 4. The van der Waals surface area contributed by atoms with Gasteiger partial charge in [0.15, 0.2) is 11.6 Å². The zero-order valence-corrected chi connectivity index (χ0v) is 9.47. The molecule has 4 nitrogen and oxygen atoms in total. The minimum absolute atomic E-state index is 0.463. The number of rotatable bonds is 4. The van der Waals surface area contributed by atoms with Crippen LogP contribution in [0.4, 0.5) is 0 Å². The highest BCUT2D eigenvalue weighted by atomic mass is 16.3. The third-order valence-electron chi connectivity index (χ3n) is 2.16. The summed E-state index contributed by atoms with van der Waals surface area (Å²) in [7, 11) is 0. The number of nitrogens with zero attached hydrogens (tertiary/aromatic N) is 2. The lowest BCUT2D eigenvalue weighted by Crippen LogP contribution is -2.21. The zero-order valence-electron chi connectivity index (χ0n) is 9.47. The molecule has 16 heavy (non-hydrogen) atoms. The zero-order chi connectivity index (χ0) is 11.4. The summed E-state index contributed by atoms with van der Waals surface area (Å²) in [6, 6.07) is 4.14. The topological polar surface area (TPSA) is 51.0 Å². The van der Waals surface area contributed by atoms with Crippen molar-refractivity contribution in [3.63, 3.8) is 0 Å². The molecule has 0 aliphatic heterocycles. The second-order valence-corrected chi connectivity index (χ2v) is 3.93. The van der Waals surface area contributed by atoms with Gasteiger partial charge in [-0.2, -0.15) is 0 Å². The SMILES string of the molecule is CC(C)NCc1cnc(-c2ccco2)nc1. The van der Waals surface area contributed by atoms with E-state index in [4.69, 9.17) is 4.42 Å². The van der Waals surface area contributed by atoms with Crippen molar-refractivity contribution in [2.75, 3.05) is 0 Å². The van der Waals surface area contributed by atoms with Gasteiger partial charge in [0.05, 0.1) is 6.26 Å². The van der Waals surface area contributed by atoms with Crippen molar-refractivity contribution < 1.29 is 4.42 Å². The number of furan rings is 1. The smallest absolute Gasteiger partial charge is 0.195 e. The number of nitrogens with one attached hydrogen (secondary N) is 1. The molecule has 2 aromatic rings. The Hall–Kier alpha value is -1.68. The van der Waals surface area contributed by atoms with Crippen molar-refractivity contribution in [2.45, 2.75) is 26.4 Å². The molecule has 0 saturated carbocycles. The van der Waals surface area contributed by atoms with Gasteiger partial charge in [0, 0.05) is 30.5 Å². The van der Waals surface area contributed by atoms with E-state index in [9.17, 15) is 0 Å². The molecule has 0 radical (unpaired) electrons. The Morgan fingerprint density at radius 3 is 2.62 bits per heavy atom. The molecule has 0 atom stereocenters. The minimum atomic E-state index is 0.463. The summed E-state index contributed by atoms with van der Waals surface area (Å²) >= 11 is 0. The van der Waals surface area contributed by atoms with Gasteiger partial charge < -0.3 is 9.73 Å². The Bertz CT molecular complexity index is 420. The van der Waals surface area contributed by atoms with E-state index < -0.39 is 0 Å². The Morgan fingerprint density at radius 1 is 1.31 bits per heavy atom. The molecule has 0 spiro atoms. The first-order valence-electron chi connectivity index (χ1n) is 5.34. The highest BCUT2D eigenvalue weighted by Crippen LogP contribution is 2.13. The van der Waals surface area contributed by atoms with Crippen LogP contribution in [0.3, 0.4) is 0 Å². The van der Waals surface area contributed by atoms with Gasteiger partial charge in [0.25, 0.3) is 0 Å². The van der Waals surface area contributed by atoms with Gasteiger partial charge in [0.2, 0.25) is 0 Å². The fourth-order valence-corrected chi connectivity index (χ4v) is 1.30. The maximum Gasteiger partial charge on any atom is 0.195 e. The van der Waals surface area contributed by atoms with Crippen LogP contribution >= 0.6 is 0 Å². The Kier molecular flexibility index (Phi) is 3.31. The average molecular weight is 217 g/mol. The van der Waals surface area contributed by atoms with Crippen LogP contribution in [0, 0.1) is 0 Å². The Labute approximate surface area is 94.7 Å². The molecule has 0 bridgehead atoms. The minimum Gasteiger partial charge on any atom is -0.461 e. The standard InChI is InChI=1S/C12H15N3O/c1-9(2)13-6-10-7-14-12(15-8-10)11-4-3-5-16-11/h3-5,7-9,13H,6H2,1-2H3. The van der Waals surface area contributed by atoms with Gasteiger partial charge in [-0.25, -0.2) is 9.97 Å². The van der Waals surface area contributed by atoms with Crippen molar-refractivity contribution in [3.8, 4) is 11.6 Å². The molecule has 2 heterocycles. The van der Waals surface area contributed by atoms with E-state index in [1.54, 1.807) is 6.26 Å². The molecule has 4 heteroatoms. The van der Waals surface area contributed by atoms with Gasteiger partial charge in [0.1, 0.15) is 0 Å². The number of hydrogen-bond donors (Lipinski definition) is 1. The van der Waals surface area contributed by atoms with Gasteiger partial charge in [-0.15, -0.1) is 0 Å². The molecule has 2 aromatic heterocycles. The molecule has 0 aliphatic carbocycles. The van der Waals surface area contributed by atoms with Gasteiger partial charge in [-0.3, -0.25) is 0 Å². The molecule has 1 N–H and O–H groups in total. The molecular formula is C12H15N3O. The first-order chi connectivity index (χ1) is 7.75. The van der Waals surface area contributed by atoms with E-state index in [2.05, 4.69) is 29.1 Å². The van der Waals surface area contributed by atoms with E-state index in [0.29, 0.717) is 17.6 Å². The summed E-state index contributed by atoms with van der Waals surface area (Å²) in [5.41, 5.74) is 1.07. The Balaban J connectivity index is 2.05. The normalized spacial score (nSPS) is 10.9. The fraction of sp³-hybridized carbons (Fsp3) is 0.333. The molecule has 0 aromatic carbocycles. The molecule has 84 valence electrons. The summed E-state index contributed by atoms with van der Waals surface area (Å²) < 4.78 is 5.22. The van der Waals surface area contributed by atoms with Crippen molar-refractivity contribution in [1.82, 2.24) is 15.3 Å². The third-order valence-corrected chi connectivity index (χ3v) is 2.16. The third kappa shape index (κ3) is 2.67. The molecule has 0 aliphatic rings. The average Bonchev–Trinajstić information content (AvgIpc) is 2.80. The summed E-state index contributed by atoms with van der Waals surface area (Å²) in [6.07, 6.45) is 5.26. The predicted molar refractivity (Wildman–Crippen MR) is 61.7 cm³/mol. The van der Waals surface area contributed by atoms with E-state index in [0.717, 1.165) is 12.1 Å². The second kappa shape index (κ2) is 4.90. The maximum atomic E-state index is 5.22. The monoisotopic (exact) mass is 217 g/mol. The van der Waals surface area contributed by atoms with Crippen LogP contribution in [0.5, 0.6) is 0 Å². The first kappa shape index (κ1) is 10.8. The van der Waals surface area contributed by atoms with Crippen LogP contribution in [0.2, 0.25) is 0 Å². The van der Waals surface area contributed by atoms with Crippen LogP contribution in [0.15, 0.2) is 35.2 Å². The van der Waals surface area contributed by atoms with Crippen molar-refractivity contribution >= 4 is 0 Å². The Morgan fingerprint density at radius 2 is 2.06 bits per heavy atom. The van der Waals surface area contributed by atoms with Crippen LogP contribution in [0.25, 0.3) is 11.6 Å². The van der Waals surface area contributed by atoms with E-state index in [1.165, 1.54) is 0 Å². The summed E-state index contributed by atoms with van der Waals surface area (Å²) in [5.74, 6) is 1.32. The lowest BCUT2D eigenvalue weighted by Gasteiger charge is -2.07. The summed E-state index contributed by atoms with van der Waals surface area (Å²) in [4.78, 5) is 8.51. The molecule has 0 fully saturated rings. The fourth-order valence-electron chi connectivity index (χ4n) is 1.30. The van der Waals surface area contributed by atoms with Gasteiger partial charge in [-0.05, 0) is 12.1 Å². The van der Waals surface area contributed by atoms with E-state index >= 15 is 0 Å². The lowest BCUT2D eigenvalue weighted by atomic mass is 10.3. The molecule has 0 saturated heterocycles. The quantitative estimate of drug-likeness (QED) is 0.853. The van der Waals surface area contributed by atoms with Crippen molar-refractivity contribution in [1.29, 1.82) is 0 Å². The van der Waals surface area contributed by atoms with Crippen molar-refractivity contribution in [2.24, 2.45) is 0 Å².